The molecular weight excluding hydrogens is 557 g/mol. The minimum Gasteiger partial charge on any atom is -0.354 e. The molecule has 0 saturated heterocycles. The maximum atomic E-state index is 13.4. The summed E-state index contributed by atoms with van der Waals surface area (Å²) in [6, 6.07) is 9.27. The maximum Gasteiger partial charge on any atom is 0.242 e. The van der Waals surface area contributed by atoms with Gasteiger partial charge in [-0.15, -0.1) is 0 Å². The number of nitrogens with zero attached hydrogens (tertiary/aromatic N) is 2. The Kier molecular flexibility index (Phi) is 12.0. The van der Waals surface area contributed by atoms with Gasteiger partial charge in [0.2, 0.25) is 21.8 Å². The second-order valence-corrected chi connectivity index (χ2v) is 12.1. The minimum absolute atomic E-state index is 0.0312. The summed E-state index contributed by atoms with van der Waals surface area (Å²) in [5.74, 6) is -0.556. The molecule has 0 saturated carbocycles. The topological polar surface area (TPSA) is 86.8 Å². The van der Waals surface area contributed by atoms with Gasteiger partial charge in [-0.2, -0.15) is 0 Å². The van der Waals surface area contributed by atoms with Gasteiger partial charge in [-0.3, -0.25) is 13.9 Å². The van der Waals surface area contributed by atoms with Gasteiger partial charge >= 0.3 is 0 Å². The number of benzene rings is 2. The van der Waals surface area contributed by atoms with E-state index in [1.165, 1.54) is 9.21 Å². The van der Waals surface area contributed by atoms with Gasteiger partial charge in [0.1, 0.15) is 6.04 Å². The van der Waals surface area contributed by atoms with E-state index in [-0.39, 0.29) is 37.7 Å². The molecule has 0 aliphatic carbocycles. The third kappa shape index (κ3) is 9.36. The van der Waals surface area contributed by atoms with Crippen molar-refractivity contribution in [3.8, 4) is 0 Å². The molecule has 0 radical (unpaired) electrons. The zero-order chi connectivity index (χ0) is 27.8. The number of carbonyl (C=O) groups is 2. The van der Waals surface area contributed by atoms with Crippen LogP contribution in [0.5, 0.6) is 0 Å². The molecule has 204 valence electrons. The Labute approximate surface area is 235 Å². The number of hydrogen-bond donors (Lipinski definition) is 1. The van der Waals surface area contributed by atoms with Gasteiger partial charge in [-0.05, 0) is 62.1 Å². The third-order valence-corrected chi connectivity index (χ3v) is 7.95. The average Bonchev–Trinajstić information content (AvgIpc) is 2.82. The van der Waals surface area contributed by atoms with Gasteiger partial charge in [0, 0.05) is 41.1 Å². The maximum absolute atomic E-state index is 13.4. The number of aryl methyl sites for hydroxylation is 1. The molecule has 0 spiro atoms. The van der Waals surface area contributed by atoms with E-state index >= 15 is 0 Å². The highest BCUT2D eigenvalue weighted by Gasteiger charge is 2.27. The second kappa shape index (κ2) is 14.2. The highest BCUT2D eigenvalue weighted by Crippen LogP contribution is 2.27. The molecule has 0 bridgehead atoms. The van der Waals surface area contributed by atoms with Crippen molar-refractivity contribution in [3.05, 3.63) is 62.6 Å². The first-order chi connectivity index (χ1) is 17.3. The summed E-state index contributed by atoms with van der Waals surface area (Å²) < 4.78 is 26.3. The number of hydrogen-bond acceptors (Lipinski definition) is 4. The molecule has 11 heteroatoms. The Morgan fingerprint density at radius 1 is 1.03 bits per heavy atom. The van der Waals surface area contributed by atoms with Crippen molar-refractivity contribution in [1.82, 2.24) is 10.2 Å². The number of halogens is 3. The normalized spacial score (nSPS) is 12.2. The SMILES string of the molecule is CCCCNC(=O)C(C)N(Cc1ccc(Cl)cc1Cl)C(=O)CCCN(c1cc(Cl)ccc1C)S(C)(=O)=O. The Morgan fingerprint density at radius 3 is 2.30 bits per heavy atom. The third-order valence-electron chi connectivity index (χ3n) is 5.94. The molecule has 2 rings (SSSR count). The van der Waals surface area contributed by atoms with E-state index in [4.69, 9.17) is 34.8 Å². The molecule has 37 heavy (non-hydrogen) atoms. The number of anilines is 1. The molecule has 2 aromatic rings. The number of unbranched alkanes of at least 4 members (excludes halogenated alkanes) is 1. The molecule has 0 aliphatic heterocycles. The molecule has 0 aromatic heterocycles. The van der Waals surface area contributed by atoms with Crippen LogP contribution in [0.15, 0.2) is 36.4 Å². The van der Waals surface area contributed by atoms with Crippen molar-refractivity contribution in [2.75, 3.05) is 23.7 Å². The second-order valence-electron chi connectivity index (χ2n) is 8.95. The van der Waals surface area contributed by atoms with E-state index in [2.05, 4.69) is 5.32 Å². The van der Waals surface area contributed by atoms with Crippen LogP contribution in [0.2, 0.25) is 15.1 Å². The first-order valence-corrected chi connectivity index (χ1v) is 15.1. The Balaban J connectivity index is 2.22. The van der Waals surface area contributed by atoms with Crippen molar-refractivity contribution >= 4 is 62.3 Å². The summed E-state index contributed by atoms with van der Waals surface area (Å²) in [6.45, 7) is 6.20. The number of rotatable bonds is 13. The van der Waals surface area contributed by atoms with Gasteiger partial charge in [0.05, 0.1) is 11.9 Å². The fourth-order valence-corrected chi connectivity index (χ4v) is 5.44. The van der Waals surface area contributed by atoms with E-state index in [1.54, 1.807) is 50.2 Å². The minimum atomic E-state index is -3.62. The molecule has 0 heterocycles. The first kappa shape index (κ1) is 31.2. The van der Waals surface area contributed by atoms with Crippen LogP contribution in [0.4, 0.5) is 5.69 Å². The smallest absolute Gasteiger partial charge is 0.242 e. The number of carbonyl (C=O) groups excluding carboxylic acids is 2. The monoisotopic (exact) mass is 589 g/mol. The lowest BCUT2D eigenvalue weighted by Crippen LogP contribution is -2.48. The summed E-state index contributed by atoms with van der Waals surface area (Å²) in [6.07, 6.45) is 3.16. The predicted octanol–water partition coefficient (Wildman–Crippen LogP) is 5.84. The molecule has 1 N–H and O–H groups in total. The van der Waals surface area contributed by atoms with Gasteiger partial charge in [0.25, 0.3) is 0 Å². The van der Waals surface area contributed by atoms with Crippen LogP contribution < -0.4 is 9.62 Å². The molecule has 1 atom stereocenters. The van der Waals surface area contributed by atoms with Crippen LogP contribution in [-0.4, -0.2) is 50.5 Å². The van der Waals surface area contributed by atoms with E-state index in [9.17, 15) is 18.0 Å². The van der Waals surface area contributed by atoms with E-state index in [1.807, 2.05) is 6.92 Å². The van der Waals surface area contributed by atoms with E-state index in [0.717, 1.165) is 24.7 Å². The van der Waals surface area contributed by atoms with Crippen LogP contribution in [0.3, 0.4) is 0 Å². The number of amides is 2. The highest BCUT2D eigenvalue weighted by molar-refractivity contribution is 7.92. The molecule has 0 fully saturated rings. The first-order valence-electron chi connectivity index (χ1n) is 12.1. The molecule has 0 aliphatic rings. The number of sulfonamides is 1. The standard InChI is InChI=1S/C26H34Cl3N3O4S/c1-5-6-13-30-26(34)19(3)31(17-20-10-12-21(27)15-23(20)29)25(33)8-7-14-32(37(4,35)36)24-16-22(28)11-9-18(24)2/h9-12,15-16,19H,5-8,13-14,17H2,1-4H3,(H,30,34). The van der Waals surface area contributed by atoms with Crippen LogP contribution >= 0.6 is 34.8 Å². The summed E-state index contributed by atoms with van der Waals surface area (Å²) in [5.41, 5.74) is 1.87. The Hall–Kier alpha value is -2.00. The highest BCUT2D eigenvalue weighted by atomic mass is 35.5. The Morgan fingerprint density at radius 2 is 1.68 bits per heavy atom. The van der Waals surface area contributed by atoms with E-state index < -0.39 is 16.1 Å². The lowest BCUT2D eigenvalue weighted by Gasteiger charge is -2.30. The van der Waals surface area contributed by atoms with Gasteiger partial charge in [0.15, 0.2) is 0 Å². The van der Waals surface area contributed by atoms with Crippen molar-refractivity contribution in [2.24, 2.45) is 0 Å². The van der Waals surface area contributed by atoms with Crippen LogP contribution in [0.1, 0.15) is 50.7 Å². The summed E-state index contributed by atoms with van der Waals surface area (Å²) in [7, 11) is -3.62. The van der Waals surface area contributed by atoms with Gasteiger partial charge in [-0.1, -0.05) is 60.3 Å². The quantitative estimate of drug-likeness (QED) is 0.297. The number of nitrogens with one attached hydrogen (secondary N) is 1. The lowest BCUT2D eigenvalue weighted by molar-refractivity contribution is -0.140. The van der Waals surface area contributed by atoms with E-state index in [0.29, 0.717) is 32.9 Å². The zero-order valence-electron chi connectivity index (χ0n) is 21.6. The fraction of sp³-hybridized carbons (Fsp3) is 0.462. The molecule has 2 amide bonds. The molecule has 2 aromatic carbocycles. The fourth-order valence-electron chi connectivity index (χ4n) is 3.79. The predicted molar refractivity (Wildman–Crippen MR) is 152 cm³/mol. The summed E-state index contributed by atoms with van der Waals surface area (Å²) in [5, 5.41) is 4.14. The van der Waals surface area contributed by atoms with Crippen molar-refractivity contribution in [1.29, 1.82) is 0 Å². The van der Waals surface area contributed by atoms with Crippen LogP contribution in [0.25, 0.3) is 0 Å². The average molecular weight is 591 g/mol. The largest absolute Gasteiger partial charge is 0.354 e. The zero-order valence-corrected chi connectivity index (χ0v) is 24.6. The van der Waals surface area contributed by atoms with Crippen LogP contribution in [0, 0.1) is 6.92 Å². The molecular formula is C26H34Cl3N3O4S. The lowest BCUT2D eigenvalue weighted by atomic mass is 10.1. The Bertz CT molecular complexity index is 1210. The van der Waals surface area contributed by atoms with Crippen molar-refractivity contribution < 1.29 is 18.0 Å². The molecule has 1 unspecified atom stereocenters. The van der Waals surface area contributed by atoms with Gasteiger partial charge in [-0.25, -0.2) is 8.42 Å². The summed E-state index contributed by atoms with van der Waals surface area (Å²) >= 11 is 18.5. The van der Waals surface area contributed by atoms with Crippen molar-refractivity contribution in [3.63, 3.8) is 0 Å². The van der Waals surface area contributed by atoms with Crippen molar-refractivity contribution in [2.45, 2.75) is 59.0 Å². The summed E-state index contributed by atoms with van der Waals surface area (Å²) in [4.78, 5) is 27.6. The van der Waals surface area contributed by atoms with Gasteiger partial charge < -0.3 is 10.2 Å². The molecule has 7 nitrogen and oxygen atoms in total. The van der Waals surface area contributed by atoms with Crippen LogP contribution in [-0.2, 0) is 26.2 Å².